The fourth-order valence-corrected chi connectivity index (χ4v) is 6.24. The first-order valence-electron chi connectivity index (χ1n) is 11.7. The number of fused-ring (bicyclic) bond motifs is 2. The number of hydrogen-bond acceptors (Lipinski definition) is 7. The predicted molar refractivity (Wildman–Crippen MR) is 147 cm³/mol. The molecule has 0 bridgehead atoms. The molecule has 1 amide bonds. The Morgan fingerprint density at radius 1 is 1.19 bits per heavy atom. The first-order chi connectivity index (χ1) is 17.5. The summed E-state index contributed by atoms with van der Waals surface area (Å²) in [5, 5.41) is 1.05. The van der Waals surface area contributed by atoms with Gasteiger partial charge in [-0.1, -0.05) is 39.9 Å². The summed E-state index contributed by atoms with van der Waals surface area (Å²) in [5.74, 6) is 2.11. The third-order valence-corrected chi connectivity index (χ3v) is 8.26. The standard InChI is InChI=1S/C26H23BrN2O5S2/c27-17-3-5-21-20(11-17)16(10-24-25(30)29(26(35)36-24)14-19-2-1-8-31-19)13-28(21)7-9-32-18-4-6-22-23(12-18)34-15-33-22/h3-6,10-13,19H,1-2,7-9,14-15H2/b24-10-/t19-/m1/s1. The Kier molecular flexibility index (Phi) is 6.68. The SMILES string of the molecule is O=C1/C(=C/c2cn(CCOc3ccc4c(c3)OCO4)c3ccc(Br)cc23)SC(=S)N1C[C@H]1CCCO1. The van der Waals surface area contributed by atoms with E-state index in [0.29, 0.717) is 34.7 Å². The fraction of sp³-hybridized carbons (Fsp3) is 0.308. The van der Waals surface area contributed by atoms with Gasteiger partial charge < -0.3 is 23.5 Å². The number of halogens is 1. The molecule has 2 fully saturated rings. The lowest BCUT2D eigenvalue weighted by Crippen LogP contribution is -2.35. The van der Waals surface area contributed by atoms with Gasteiger partial charge in [-0.3, -0.25) is 9.69 Å². The maximum atomic E-state index is 13.2. The molecule has 10 heteroatoms. The highest BCUT2D eigenvalue weighted by Gasteiger charge is 2.34. The normalized spacial score (nSPS) is 20.3. The Balaban J connectivity index is 1.21. The Bertz CT molecular complexity index is 1380. The van der Waals surface area contributed by atoms with Crippen molar-refractivity contribution in [2.45, 2.75) is 25.5 Å². The number of rotatable bonds is 7. The summed E-state index contributed by atoms with van der Waals surface area (Å²) in [7, 11) is 0. The molecule has 0 N–H and O–H groups in total. The minimum atomic E-state index is -0.0532. The number of nitrogens with zero attached hydrogens (tertiary/aromatic N) is 2. The zero-order valence-electron chi connectivity index (χ0n) is 19.3. The molecule has 7 nitrogen and oxygen atoms in total. The van der Waals surface area contributed by atoms with Crippen molar-refractivity contribution >= 4 is 67.1 Å². The number of amides is 1. The molecule has 0 radical (unpaired) electrons. The number of thioether (sulfide) groups is 1. The van der Waals surface area contributed by atoms with Gasteiger partial charge in [-0.2, -0.15) is 0 Å². The van der Waals surface area contributed by atoms with Crippen LogP contribution < -0.4 is 14.2 Å². The van der Waals surface area contributed by atoms with E-state index in [0.717, 1.165) is 51.9 Å². The van der Waals surface area contributed by atoms with Gasteiger partial charge in [0.15, 0.2) is 11.5 Å². The quantitative estimate of drug-likeness (QED) is 0.264. The van der Waals surface area contributed by atoms with Crippen LogP contribution in [0.25, 0.3) is 17.0 Å². The van der Waals surface area contributed by atoms with Crippen LogP contribution in [0.5, 0.6) is 17.2 Å². The van der Waals surface area contributed by atoms with Crippen molar-refractivity contribution in [2.75, 3.05) is 26.6 Å². The van der Waals surface area contributed by atoms with E-state index >= 15 is 0 Å². The van der Waals surface area contributed by atoms with Crippen LogP contribution in [0.2, 0.25) is 0 Å². The fourth-order valence-electron chi connectivity index (χ4n) is 4.62. The Morgan fingerprint density at radius 3 is 2.94 bits per heavy atom. The van der Waals surface area contributed by atoms with Crippen molar-refractivity contribution in [3.8, 4) is 17.2 Å². The van der Waals surface area contributed by atoms with Crippen LogP contribution in [-0.4, -0.2) is 52.4 Å². The summed E-state index contributed by atoms with van der Waals surface area (Å²) in [4.78, 5) is 15.5. The van der Waals surface area contributed by atoms with Crippen molar-refractivity contribution in [2.24, 2.45) is 0 Å². The molecule has 0 spiro atoms. The van der Waals surface area contributed by atoms with E-state index in [9.17, 15) is 4.79 Å². The highest BCUT2D eigenvalue weighted by molar-refractivity contribution is 9.10. The van der Waals surface area contributed by atoms with E-state index in [-0.39, 0.29) is 18.8 Å². The molecule has 3 aromatic rings. The van der Waals surface area contributed by atoms with Gasteiger partial charge in [-0.15, -0.1) is 0 Å². The van der Waals surface area contributed by atoms with Crippen LogP contribution in [0.15, 0.2) is 52.0 Å². The van der Waals surface area contributed by atoms with Gasteiger partial charge in [-0.05, 0) is 49.2 Å². The minimum Gasteiger partial charge on any atom is -0.492 e. The summed E-state index contributed by atoms with van der Waals surface area (Å²) in [6.07, 6.45) is 6.06. The Hall–Kier alpha value is -2.53. The molecule has 4 heterocycles. The third-order valence-electron chi connectivity index (χ3n) is 6.39. The Morgan fingerprint density at radius 2 is 2.08 bits per heavy atom. The monoisotopic (exact) mass is 586 g/mol. The van der Waals surface area contributed by atoms with Crippen molar-refractivity contribution in [1.82, 2.24) is 9.47 Å². The zero-order valence-corrected chi connectivity index (χ0v) is 22.5. The van der Waals surface area contributed by atoms with Crippen LogP contribution in [0.1, 0.15) is 18.4 Å². The first-order valence-corrected chi connectivity index (χ1v) is 13.7. The van der Waals surface area contributed by atoms with Crippen LogP contribution in [-0.2, 0) is 16.1 Å². The van der Waals surface area contributed by atoms with Crippen LogP contribution in [0, 0.1) is 0 Å². The van der Waals surface area contributed by atoms with Crippen LogP contribution >= 0.6 is 39.9 Å². The molecular formula is C26H23BrN2O5S2. The number of hydrogen-bond donors (Lipinski definition) is 0. The van der Waals surface area contributed by atoms with E-state index in [4.69, 9.17) is 31.2 Å². The molecule has 0 unspecified atom stereocenters. The lowest BCUT2D eigenvalue weighted by molar-refractivity contribution is -0.123. The number of carbonyl (C=O) groups is 1. The lowest BCUT2D eigenvalue weighted by atomic mass is 10.1. The highest BCUT2D eigenvalue weighted by atomic mass is 79.9. The maximum Gasteiger partial charge on any atom is 0.266 e. The molecular weight excluding hydrogens is 564 g/mol. The molecule has 36 heavy (non-hydrogen) atoms. The van der Waals surface area contributed by atoms with E-state index < -0.39 is 0 Å². The number of aromatic nitrogens is 1. The first kappa shape index (κ1) is 23.8. The molecule has 1 atom stereocenters. The maximum absolute atomic E-state index is 13.2. The summed E-state index contributed by atoms with van der Waals surface area (Å²) >= 11 is 10.5. The molecule has 2 saturated heterocycles. The number of benzene rings is 2. The summed E-state index contributed by atoms with van der Waals surface area (Å²) in [5.41, 5.74) is 2.03. The summed E-state index contributed by atoms with van der Waals surface area (Å²) in [6, 6.07) is 11.7. The predicted octanol–water partition coefficient (Wildman–Crippen LogP) is 5.59. The topological polar surface area (TPSA) is 62.2 Å². The third kappa shape index (κ3) is 4.74. The molecule has 3 aliphatic heterocycles. The second kappa shape index (κ2) is 10.1. The molecule has 1 aromatic heterocycles. The smallest absolute Gasteiger partial charge is 0.266 e. The van der Waals surface area contributed by atoms with Crippen LogP contribution in [0.3, 0.4) is 0 Å². The highest BCUT2D eigenvalue weighted by Crippen LogP contribution is 2.37. The largest absolute Gasteiger partial charge is 0.492 e. The van der Waals surface area contributed by atoms with E-state index in [1.54, 1.807) is 4.90 Å². The number of ether oxygens (including phenoxy) is 4. The lowest BCUT2D eigenvalue weighted by Gasteiger charge is -2.18. The van der Waals surface area contributed by atoms with Gasteiger partial charge >= 0.3 is 0 Å². The van der Waals surface area contributed by atoms with Gasteiger partial charge in [0.1, 0.15) is 16.7 Å². The summed E-state index contributed by atoms with van der Waals surface area (Å²) in [6.45, 7) is 2.62. The second-order valence-electron chi connectivity index (χ2n) is 8.73. The molecule has 186 valence electrons. The molecule has 6 rings (SSSR count). The van der Waals surface area contributed by atoms with E-state index in [1.807, 2.05) is 30.3 Å². The van der Waals surface area contributed by atoms with Gasteiger partial charge in [0, 0.05) is 39.8 Å². The molecule has 2 aromatic carbocycles. The van der Waals surface area contributed by atoms with Gasteiger partial charge in [0.25, 0.3) is 5.91 Å². The molecule has 3 aliphatic rings. The Labute approximate surface area is 226 Å². The van der Waals surface area contributed by atoms with Crippen molar-refractivity contribution in [3.63, 3.8) is 0 Å². The average Bonchev–Trinajstić information content (AvgIpc) is 3.65. The molecule has 0 aliphatic carbocycles. The van der Waals surface area contributed by atoms with Crippen molar-refractivity contribution in [1.29, 1.82) is 0 Å². The number of thiocarbonyl (C=S) groups is 1. The second-order valence-corrected chi connectivity index (χ2v) is 11.3. The van der Waals surface area contributed by atoms with Gasteiger partial charge in [-0.25, -0.2) is 0 Å². The average molecular weight is 588 g/mol. The van der Waals surface area contributed by atoms with E-state index in [2.05, 4.69) is 38.8 Å². The number of carbonyl (C=O) groups excluding carboxylic acids is 1. The van der Waals surface area contributed by atoms with Gasteiger partial charge in [0.2, 0.25) is 6.79 Å². The van der Waals surface area contributed by atoms with Gasteiger partial charge in [0.05, 0.1) is 24.1 Å². The van der Waals surface area contributed by atoms with Crippen LogP contribution in [0.4, 0.5) is 0 Å². The van der Waals surface area contributed by atoms with Crippen molar-refractivity contribution < 1.29 is 23.7 Å². The summed E-state index contributed by atoms with van der Waals surface area (Å²) < 4.78 is 26.2. The molecule has 0 saturated carbocycles. The minimum absolute atomic E-state index is 0.0532. The van der Waals surface area contributed by atoms with E-state index in [1.165, 1.54) is 11.8 Å². The zero-order chi connectivity index (χ0) is 24.6. The van der Waals surface area contributed by atoms with Crippen molar-refractivity contribution in [3.05, 3.63) is 57.5 Å².